The lowest BCUT2D eigenvalue weighted by molar-refractivity contribution is -0.137. The van der Waals surface area contributed by atoms with Crippen molar-refractivity contribution in [3.63, 3.8) is 0 Å². The van der Waals surface area contributed by atoms with Crippen molar-refractivity contribution in [3.05, 3.63) is 29.5 Å². The van der Waals surface area contributed by atoms with Gasteiger partial charge in [0.05, 0.1) is 12.0 Å². The van der Waals surface area contributed by atoms with Crippen molar-refractivity contribution in [2.45, 2.75) is 12.6 Å². The number of nitrogens with two attached hydrogens (primary N) is 1. The number of carboxylic acid groups (broad SMARTS) is 1. The second-order valence-electron chi connectivity index (χ2n) is 3.20. The molecule has 1 aromatic rings. The average Bonchev–Trinajstić information content (AvgIpc) is 2.18. The van der Waals surface area contributed by atoms with Gasteiger partial charge in [0.2, 0.25) is 0 Å². The summed E-state index contributed by atoms with van der Waals surface area (Å²) in [5.74, 6) is -1.67. The Morgan fingerprint density at radius 3 is 2.71 bits per heavy atom. The molecular formula is C10H9F3N2O2. The maximum atomic E-state index is 12.4. The number of halogens is 3. The Labute approximate surface area is 94.6 Å². The van der Waals surface area contributed by atoms with Crippen molar-refractivity contribution in [2.75, 3.05) is 5.73 Å². The zero-order valence-corrected chi connectivity index (χ0v) is 8.53. The molecule has 1 aromatic heterocycles. The van der Waals surface area contributed by atoms with Crippen LogP contribution < -0.4 is 5.73 Å². The average molecular weight is 246 g/mol. The second kappa shape index (κ2) is 4.86. The highest BCUT2D eigenvalue weighted by Gasteiger charge is 2.33. The van der Waals surface area contributed by atoms with Crippen molar-refractivity contribution >= 4 is 17.9 Å². The molecule has 0 aliphatic rings. The predicted octanol–water partition coefficient (Wildman–Crippen LogP) is 2.17. The lowest BCUT2D eigenvalue weighted by Crippen LogP contribution is -2.10. The molecule has 0 amide bonds. The number of carbonyl (C=O) groups is 1. The Morgan fingerprint density at radius 1 is 1.53 bits per heavy atom. The highest BCUT2D eigenvalue weighted by atomic mass is 19.4. The molecule has 0 unspecified atom stereocenters. The van der Waals surface area contributed by atoms with Crippen LogP contribution in [0.1, 0.15) is 17.5 Å². The van der Waals surface area contributed by atoms with Crippen LogP contribution in [0.2, 0.25) is 0 Å². The molecule has 1 rings (SSSR count). The molecule has 0 saturated carbocycles. The van der Waals surface area contributed by atoms with Crippen molar-refractivity contribution < 1.29 is 23.1 Å². The normalized spacial score (nSPS) is 11.9. The number of hydrogen-bond acceptors (Lipinski definition) is 3. The van der Waals surface area contributed by atoms with E-state index in [0.29, 0.717) is 0 Å². The van der Waals surface area contributed by atoms with Crippen LogP contribution in [0.3, 0.4) is 0 Å². The number of nitrogens with zero attached hydrogens (tertiary/aromatic N) is 1. The second-order valence-corrected chi connectivity index (χ2v) is 3.20. The highest BCUT2D eigenvalue weighted by Crippen LogP contribution is 2.33. The molecule has 0 bridgehead atoms. The first-order valence-corrected chi connectivity index (χ1v) is 4.51. The highest BCUT2D eigenvalue weighted by molar-refractivity contribution is 5.70. The zero-order chi connectivity index (χ0) is 13.1. The molecule has 0 atom stereocenters. The topological polar surface area (TPSA) is 76.2 Å². The number of anilines is 1. The minimum atomic E-state index is -4.58. The van der Waals surface area contributed by atoms with E-state index >= 15 is 0 Å². The van der Waals surface area contributed by atoms with Gasteiger partial charge in [-0.2, -0.15) is 13.2 Å². The molecule has 0 spiro atoms. The maximum Gasteiger partial charge on any atom is 0.419 e. The lowest BCUT2D eigenvalue weighted by Gasteiger charge is -2.09. The standard InChI is InChI=1S/C10H9F3N2O2/c11-10(12,13)7-4-6(5-15-9(7)14)2-1-3-8(16)17/h1-2,4-5H,3H2,(H2,14,15)(H,16,17). The number of carboxylic acids is 1. The van der Waals surface area contributed by atoms with Crippen LogP contribution in [0.25, 0.3) is 6.08 Å². The minimum Gasteiger partial charge on any atom is -0.481 e. The first-order valence-electron chi connectivity index (χ1n) is 4.51. The third kappa shape index (κ3) is 3.78. The number of rotatable bonds is 3. The summed E-state index contributed by atoms with van der Waals surface area (Å²) >= 11 is 0. The van der Waals surface area contributed by atoms with Gasteiger partial charge in [0, 0.05) is 6.20 Å². The fourth-order valence-electron chi connectivity index (χ4n) is 1.11. The van der Waals surface area contributed by atoms with E-state index in [2.05, 4.69) is 4.98 Å². The summed E-state index contributed by atoms with van der Waals surface area (Å²) in [4.78, 5) is 13.6. The van der Waals surface area contributed by atoms with Crippen molar-refractivity contribution in [1.29, 1.82) is 0 Å². The SMILES string of the molecule is Nc1ncc(C=CCC(=O)O)cc1C(F)(F)F. The smallest absolute Gasteiger partial charge is 0.419 e. The number of aliphatic carboxylic acids is 1. The molecule has 0 aliphatic carbocycles. The maximum absolute atomic E-state index is 12.4. The molecule has 0 aliphatic heterocycles. The van der Waals surface area contributed by atoms with E-state index in [-0.39, 0.29) is 12.0 Å². The summed E-state index contributed by atoms with van der Waals surface area (Å²) < 4.78 is 37.3. The first kappa shape index (κ1) is 13.0. The third-order valence-electron chi connectivity index (χ3n) is 1.85. The first-order chi connectivity index (χ1) is 7.80. The number of aromatic nitrogens is 1. The molecule has 1 heterocycles. The Bertz CT molecular complexity index is 455. The van der Waals surface area contributed by atoms with Gasteiger partial charge in [-0.05, 0) is 11.6 Å². The van der Waals surface area contributed by atoms with E-state index in [1.54, 1.807) is 0 Å². The van der Waals surface area contributed by atoms with Crippen LogP contribution in [0.15, 0.2) is 18.3 Å². The number of pyridine rings is 1. The van der Waals surface area contributed by atoms with Gasteiger partial charge in [0.15, 0.2) is 0 Å². The van der Waals surface area contributed by atoms with Gasteiger partial charge < -0.3 is 10.8 Å². The van der Waals surface area contributed by atoms with Crippen LogP contribution in [-0.2, 0) is 11.0 Å². The van der Waals surface area contributed by atoms with E-state index in [4.69, 9.17) is 10.8 Å². The molecule has 3 N–H and O–H groups in total. The van der Waals surface area contributed by atoms with Crippen LogP contribution in [0.5, 0.6) is 0 Å². The fourth-order valence-corrected chi connectivity index (χ4v) is 1.11. The molecule has 7 heteroatoms. The van der Waals surface area contributed by atoms with E-state index in [1.807, 2.05) is 0 Å². The summed E-state index contributed by atoms with van der Waals surface area (Å²) in [6.45, 7) is 0. The molecule has 0 aromatic carbocycles. The Hall–Kier alpha value is -2.05. The lowest BCUT2D eigenvalue weighted by atomic mass is 10.1. The van der Waals surface area contributed by atoms with E-state index in [0.717, 1.165) is 12.3 Å². The number of alkyl halides is 3. The molecule has 0 radical (unpaired) electrons. The van der Waals surface area contributed by atoms with Gasteiger partial charge in [-0.25, -0.2) is 4.98 Å². The summed E-state index contributed by atoms with van der Waals surface area (Å²) in [7, 11) is 0. The fraction of sp³-hybridized carbons (Fsp3) is 0.200. The summed E-state index contributed by atoms with van der Waals surface area (Å²) in [5.41, 5.74) is 4.22. The van der Waals surface area contributed by atoms with Gasteiger partial charge in [-0.15, -0.1) is 0 Å². The van der Waals surface area contributed by atoms with Crippen molar-refractivity contribution in [1.82, 2.24) is 4.98 Å². The molecular weight excluding hydrogens is 237 g/mol. The van der Waals surface area contributed by atoms with Gasteiger partial charge in [-0.1, -0.05) is 12.2 Å². The van der Waals surface area contributed by atoms with E-state index in [9.17, 15) is 18.0 Å². The zero-order valence-electron chi connectivity index (χ0n) is 8.53. The summed E-state index contributed by atoms with van der Waals surface area (Å²) in [6, 6.07) is 0.820. The quantitative estimate of drug-likeness (QED) is 0.856. The van der Waals surface area contributed by atoms with Gasteiger partial charge >= 0.3 is 12.1 Å². The molecule has 0 fully saturated rings. The Morgan fingerprint density at radius 2 is 2.18 bits per heavy atom. The molecule has 92 valence electrons. The third-order valence-corrected chi connectivity index (χ3v) is 1.85. The van der Waals surface area contributed by atoms with Gasteiger partial charge in [0.25, 0.3) is 0 Å². The van der Waals surface area contributed by atoms with E-state index < -0.39 is 23.5 Å². The Kier molecular flexibility index (Phi) is 3.72. The molecule has 17 heavy (non-hydrogen) atoms. The summed E-state index contributed by atoms with van der Waals surface area (Å²) in [5, 5.41) is 8.35. The van der Waals surface area contributed by atoms with Gasteiger partial charge in [-0.3, -0.25) is 4.79 Å². The number of nitrogen functional groups attached to an aromatic ring is 1. The predicted molar refractivity (Wildman–Crippen MR) is 54.9 cm³/mol. The van der Waals surface area contributed by atoms with Crippen molar-refractivity contribution in [3.8, 4) is 0 Å². The molecule has 0 saturated heterocycles. The largest absolute Gasteiger partial charge is 0.481 e. The van der Waals surface area contributed by atoms with Gasteiger partial charge in [0.1, 0.15) is 5.82 Å². The minimum absolute atomic E-state index is 0.146. The van der Waals surface area contributed by atoms with Crippen molar-refractivity contribution in [2.24, 2.45) is 0 Å². The Balaban J connectivity index is 2.97. The number of hydrogen-bond donors (Lipinski definition) is 2. The summed E-state index contributed by atoms with van der Waals surface area (Å²) in [6.07, 6.45) is -1.23. The van der Waals surface area contributed by atoms with Crippen LogP contribution in [0, 0.1) is 0 Å². The van der Waals surface area contributed by atoms with Crippen LogP contribution >= 0.6 is 0 Å². The van der Waals surface area contributed by atoms with Crippen LogP contribution in [0.4, 0.5) is 19.0 Å². The van der Waals surface area contributed by atoms with E-state index in [1.165, 1.54) is 12.2 Å². The molecule has 4 nitrogen and oxygen atoms in total. The monoisotopic (exact) mass is 246 g/mol. The van der Waals surface area contributed by atoms with Crippen LogP contribution in [-0.4, -0.2) is 16.1 Å².